The highest BCUT2D eigenvalue weighted by Crippen LogP contribution is 2.22. The van der Waals surface area contributed by atoms with E-state index in [9.17, 15) is 14.7 Å². The van der Waals surface area contributed by atoms with Gasteiger partial charge in [0.15, 0.2) is 0 Å². The van der Waals surface area contributed by atoms with Crippen molar-refractivity contribution in [1.82, 2.24) is 4.98 Å². The van der Waals surface area contributed by atoms with Gasteiger partial charge in [-0.1, -0.05) is 18.2 Å². The van der Waals surface area contributed by atoms with Gasteiger partial charge in [-0.05, 0) is 25.5 Å². The first-order valence-electron chi connectivity index (χ1n) is 6.02. The van der Waals surface area contributed by atoms with Gasteiger partial charge in [-0.2, -0.15) is 0 Å². The first-order chi connectivity index (χ1) is 9.49. The summed E-state index contributed by atoms with van der Waals surface area (Å²) in [5.41, 5.74) is 1.56. The number of thiazole rings is 1. The maximum Gasteiger partial charge on any atom is 0.234 e. The van der Waals surface area contributed by atoms with Crippen LogP contribution in [-0.4, -0.2) is 16.9 Å². The molecule has 1 N–H and O–H groups in total. The summed E-state index contributed by atoms with van der Waals surface area (Å²) >= 11 is 1.14. The molecule has 0 aliphatic rings. The van der Waals surface area contributed by atoms with Crippen LogP contribution in [0.2, 0.25) is 0 Å². The summed E-state index contributed by atoms with van der Waals surface area (Å²) in [6, 6.07) is 7.44. The minimum Gasteiger partial charge on any atom is -0.543 e. The molecule has 1 aromatic heterocycles. The number of aromatic carboxylic acids is 1. The van der Waals surface area contributed by atoms with Crippen molar-refractivity contribution in [3.8, 4) is 0 Å². The van der Waals surface area contributed by atoms with E-state index in [1.807, 2.05) is 31.2 Å². The fourth-order valence-electron chi connectivity index (χ4n) is 1.65. The van der Waals surface area contributed by atoms with Crippen molar-refractivity contribution in [1.29, 1.82) is 0 Å². The van der Waals surface area contributed by atoms with Crippen LogP contribution < -0.4 is 10.4 Å². The van der Waals surface area contributed by atoms with Gasteiger partial charge in [-0.3, -0.25) is 4.79 Å². The minimum absolute atomic E-state index is 0.138. The first-order valence-corrected chi connectivity index (χ1v) is 6.90. The van der Waals surface area contributed by atoms with Crippen molar-refractivity contribution in [2.75, 3.05) is 5.32 Å². The van der Waals surface area contributed by atoms with Crippen LogP contribution in [0.1, 0.15) is 33.9 Å². The van der Waals surface area contributed by atoms with E-state index in [-0.39, 0.29) is 11.6 Å². The number of nitrogens with one attached hydrogen (secondary N) is 1. The Kier molecular flexibility index (Phi) is 4.14. The first kappa shape index (κ1) is 14.2. The predicted molar refractivity (Wildman–Crippen MR) is 74.7 cm³/mol. The monoisotopic (exact) mass is 289 g/mol. The van der Waals surface area contributed by atoms with Crippen molar-refractivity contribution in [3.63, 3.8) is 0 Å². The summed E-state index contributed by atoms with van der Waals surface area (Å²) in [4.78, 5) is 26.7. The number of amides is 1. The summed E-state index contributed by atoms with van der Waals surface area (Å²) in [6.07, 6.45) is 0. The molecule has 20 heavy (non-hydrogen) atoms. The maximum atomic E-state index is 12.1. The van der Waals surface area contributed by atoms with Gasteiger partial charge >= 0.3 is 0 Å². The third-order valence-corrected chi connectivity index (χ3v) is 3.93. The average Bonchev–Trinajstić information content (AvgIpc) is 2.90. The number of aromatic nitrogens is 1. The second kappa shape index (κ2) is 5.83. The average molecular weight is 289 g/mol. The number of benzene rings is 1. The smallest absolute Gasteiger partial charge is 0.234 e. The Balaban J connectivity index is 2.12. The number of aryl methyl sites for hydroxylation is 1. The molecule has 1 amide bonds. The van der Waals surface area contributed by atoms with Crippen molar-refractivity contribution < 1.29 is 14.7 Å². The van der Waals surface area contributed by atoms with Crippen LogP contribution in [0, 0.1) is 6.92 Å². The SMILES string of the molecule is Cc1ccccc1NC(=O)[C@H](C)c1nc(C(=O)[O-])cs1. The van der Waals surface area contributed by atoms with Crippen LogP contribution in [0.5, 0.6) is 0 Å². The predicted octanol–water partition coefficient (Wildman–Crippen LogP) is 1.56. The maximum absolute atomic E-state index is 12.1. The number of carbonyl (C=O) groups is 2. The standard InChI is InChI=1S/C14H14N2O3S/c1-8-5-3-4-6-10(8)15-12(17)9(2)13-16-11(7-20-13)14(18)19/h3-7,9H,1-2H3,(H,15,17)(H,18,19)/p-1/t9-/m0/s1. The van der Waals surface area contributed by atoms with E-state index in [1.165, 1.54) is 5.38 Å². The van der Waals surface area contributed by atoms with Gasteiger partial charge in [0.05, 0.1) is 17.6 Å². The molecule has 2 aromatic rings. The lowest BCUT2D eigenvalue weighted by Gasteiger charge is -2.11. The highest BCUT2D eigenvalue weighted by atomic mass is 32.1. The molecule has 0 fully saturated rings. The lowest BCUT2D eigenvalue weighted by molar-refractivity contribution is -0.255. The van der Waals surface area contributed by atoms with Gasteiger partial charge in [0.2, 0.25) is 5.91 Å². The van der Waals surface area contributed by atoms with Gasteiger partial charge in [-0.25, -0.2) is 4.98 Å². The number of hydrogen-bond acceptors (Lipinski definition) is 5. The molecular weight excluding hydrogens is 276 g/mol. The molecule has 0 unspecified atom stereocenters. The van der Waals surface area contributed by atoms with Crippen molar-refractivity contribution >= 4 is 28.9 Å². The Labute approximate surface area is 120 Å². The highest BCUT2D eigenvalue weighted by molar-refractivity contribution is 7.10. The Morgan fingerprint density at radius 3 is 2.65 bits per heavy atom. The summed E-state index contributed by atoms with van der Waals surface area (Å²) in [7, 11) is 0. The third kappa shape index (κ3) is 3.03. The van der Waals surface area contributed by atoms with Crippen molar-refractivity contribution in [3.05, 3.63) is 45.9 Å². The van der Waals surface area contributed by atoms with Crippen LogP contribution in [-0.2, 0) is 4.79 Å². The lowest BCUT2D eigenvalue weighted by atomic mass is 10.1. The summed E-state index contributed by atoms with van der Waals surface area (Å²) in [5.74, 6) is -2.08. The molecule has 6 heteroatoms. The summed E-state index contributed by atoms with van der Waals surface area (Å²) < 4.78 is 0. The van der Waals surface area contributed by atoms with E-state index in [1.54, 1.807) is 6.92 Å². The lowest BCUT2D eigenvalue weighted by Crippen LogP contribution is -2.23. The van der Waals surface area contributed by atoms with Gasteiger partial charge < -0.3 is 15.2 Å². The normalized spacial score (nSPS) is 11.9. The Morgan fingerprint density at radius 1 is 1.35 bits per heavy atom. The van der Waals surface area contributed by atoms with Gasteiger partial charge in [0, 0.05) is 11.1 Å². The number of para-hydroxylation sites is 1. The largest absolute Gasteiger partial charge is 0.543 e. The zero-order valence-electron chi connectivity index (χ0n) is 11.0. The third-order valence-electron chi connectivity index (χ3n) is 2.90. The fourth-order valence-corrected chi connectivity index (χ4v) is 2.49. The van der Waals surface area contributed by atoms with Gasteiger partial charge in [-0.15, -0.1) is 11.3 Å². The zero-order chi connectivity index (χ0) is 14.7. The fraction of sp³-hybridized carbons (Fsp3) is 0.214. The van der Waals surface area contributed by atoms with Crippen molar-refractivity contribution in [2.45, 2.75) is 19.8 Å². The molecule has 1 heterocycles. The quantitative estimate of drug-likeness (QED) is 0.926. The molecular formula is C14H13N2O3S-. The summed E-state index contributed by atoms with van der Waals surface area (Å²) in [6.45, 7) is 3.59. The molecule has 2 rings (SSSR count). The van der Waals surface area contributed by atoms with Crippen molar-refractivity contribution in [2.24, 2.45) is 0 Å². The number of nitrogens with zero attached hydrogens (tertiary/aromatic N) is 1. The summed E-state index contributed by atoms with van der Waals surface area (Å²) in [5, 5.41) is 15.3. The van der Waals surface area contributed by atoms with E-state index >= 15 is 0 Å². The molecule has 0 aliphatic carbocycles. The molecule has 0 saturated carbocycles. The number of hydrogen-bond donors (Lipinski definition) is 1. The molecule has 1 atom stereocenters. The van der Waals surface area contributed by atoms with Gasteiger partial charge in [0.1, 0.15) is 5.01 Å². The van der Waals surface area contributed by atoms with Crippen LogP contribution in [0.3, 0.4) is 0 Å². The second-order valence-electron chi connectivity index (χ2n) is 4.38. The molecule has 0 aliphatic heterocycles. The molecule has 0 saturated heterocycles. The van der Waals surface area contributed by atoms with E-state index in [2.05, 4.69) is 10.3 Å². The number of carboxylic acids is 1. The number of carbonyl (C=O) groups excluding carboxylic acids is 2. The second-order valence-corrected chi connectivity index (χ2v) is 5.27. The molecule has 0 bridgehead atoms. The Morgan fingerprint density at radius 2 is 2.05 bits per heavy atom. The number of rotatable bonds is 4. The van der Waals surface area contributed by atoms with E-state index in [0.29, 0.717) is 5.01 Å². The molecule has 0 spiro atoms. The molecule has 0 radical (unpaired) electrons. The Bertz CT molecular complexity index is 651. The van der Waals surface area contributed by atoms with E-state index < -0.39 is 11.9 Å². The molecule has 5 nitrogen and oxygen atoms in total. The van der Waals surface area contributed by atoms with Crippen LogP contribution in [0.15, 0.2) is 29.6 Å². The van der Waals surface area contributed by atoms with Crippen LogP contribution in [0.4, 0.5) is 5.69 Å². The molecule has 1 aromatic carbocycles. The van der Waals surface area contributed by atoms with Crippen LogP contribution >= 0.6 is 11.3 Å². The molecule has 104 valence electrons. The highest BCUT2D eigenvalue weighted by Gasteiger charge is 2.19. The minimum atomic E-state index is -1.33. The Hall–Kier alpha value is -2.21. The van der Waals surface area contributed by atoms with E-state index in [0.717, 1.165) is 22.6 Å². The zero-order valence-corrected chi connectivity index (χ0v) is 11.9. The van der Waals surface area contributed by atoms with E-state index in [4.69, 9.17) is 0 Å². The number of carboxylic acid groups (broad SMARTS) is 1. The topological polar surface area (TPSA) is 82.1 Å². The van der Waals surface area contributed by atoms with Gasteiger partial charge in [0.25, 0.3) is 0 Å². The number of anilines is 1. The van der Waals surface area contributed by atoms with Crippen LogP contribution in [0.25, 0.3) is 0 Å².